The number of ether oxygens (including phenoxy) is 2. The van der Waals surface area contributed by atoms with Crippen LogP contribution in [-0.2, 0) is 0 Å². The zero-order valence-electron chi connectivity index (χ0n) is 17.4. The van der Waals surface area contributed by atoms with E-state index in [4.69, 9.17) is 21.1 Å². The lowest BCUT2D eigenvalue weighted by Crippen LogP contribution is -2.49. The Kier molecular flexibility index (Phi) is 7.26. The number of hydrogen-bond acceptors (Lipinski definition) is 4. The number of aryl methyl sites for hydroxylation is 1. The van der Waals surface area contributed by atoms with Gasteiger partial charge in [-0.3, -0.25) is 4.79 Å². The molecule has 0 aromatic heterocycles. The molecule has 156 valence electrons. The van der Waals surface area contributed by atoms with Crippen LogP contribution in [-0.4, -0.2) is 50.7 Å². The number of piperazine rings is 1. The third-order valence-electron chi connectivity index (χ3n) is 5.24. The van der Waals surface area contributed by atoms with Crippen LogP contribution in [0.25, 0.3) is 0 Å². The largest absolute Gasteiger partial charge is 0.493 e. The molecule has 0 bridgehead atoms. The monoisotopic (exact) mass is 416 g/mol. The van der Waals surface area contributed by atoms with Gasteiger partial charge in [-0.25, -0.2) is 0 Å². The molecule has 1 aliphatic heterocycles. The van der Waals surface area contributed by atoms with E-state index in [0.29, 0.717) is 36.8 Å². The predicted molar refractivity (Wildman–Crippen MR) is 118 cm³/mol. The second-order valence-corrected chi connectivity index (χ2v) is 7.71. The summed E-state index contributed by atoms with van der Waals surface area (Å²) in [6.45, 7) is 7.74. The molecule has 1 amide bonds. The SMILES string of the molecule is CCCCOc1ccc(C(=O)N2CCN(c3cc(Cl)ccc3C)CC2)cc1OC. The summed E-state index contributed by atoms with van der Waals surface area (Å²) in [5, 5.41) is 0.734. The van der Waals surface area contributed by atoms with Crippen molar-refractivity contribution < 1.29 is 14.3 Å². The van der Waals surface area contributed by atoms with E-state index in [2.05, 4.69) is 18.7 Å². The lowest BCUT2D eigenvalue weighted by atomic mass is 10.1. The Bertz CT molecular complexity index is 848. The summed E-state index contributed by atoms with van der Waals surface area (Å²) in [6.07, 6.45) is 2.06. The maximum atomic E-state index is 13.0. The molecule has 0 unspecified atom stereocenters. The summed E-state index contributed by atoms with van der Waals surface area (Å²) in [7, 11) is 1.60. The summed E-state index contributed by atoms with van der Waals surface area (Å²) in [5.41, 5.74) is 2.95. The minimum absolute atomic E-state index is 0.0193. The van der Waals surface area contributed by atoms with Gasteiger partial charge in [0.2, 0.25) is 0 Å². The van der Waals surface area contributed by atoms with Crippen molar-refractivity contribution in [3.8, 4) is 11.5 Å². The molecule has 1 fully saturated rings. The molecule has 0 spiro atoms. The number of benzene rings is 2. The smallest absolute Gasteiger partial charge is 0.254 e. The van der Waals surface area contributed by atoms with Gasteiger partial charge in [-0.15, -0.1) is 0 Å². The Morgan fingerprint density at radius 1 is 1.07 bits per heavy atom. The normalized spacial score (nSPS) is 14.1. The number of carbonyl (C=O) groups excluding carboxylic acids is 1. The summed E-state index contributed by atoms with van der Waals surface area (Å²) in [6, 6.07) is 11.4. The average Bonchev–Trinajstić information content (AvgIpc) is 2.75. The quantitative estimate of drug-likeness (QED) is 0.608. The van der Waals surface area contributed by atoms with E-state index in [-0.39, 0.29) is 5.91 Å². The number of nitrogens with zero attached hydrogens (tertiary/aromatic N) is 2. The predicted octanol–water partition coefficient (Wildman–Crippen LogP) is 4.80. The van der Waals surface area contributed by atoms with Gasteiger partial charge in [0.1, 0.15) is 0 Å². The second kappa shape index (κ2) is 9.88. The van der Waals surface area contributed by atoms with Crippen molar-refractivity contribution in [2.45, 2.75) is 26.7 Å². The number of rotatable bonds is 7. The second-order valence-electron chi connectivity index (χ2n) is 7.28. The van der Waals surface area contributed by atoms with Gasteiger partial charge in [-0.2, -0.15) is 0 Å². The average molecular weight is 417 g/mol. The molecule has 1 heterocycles. The highest BCUT2D eigenvalue weighted by Gasteiger charge is 2.24. The van der Waals surface area contributed by atoms with Crippen molar-refractivity contribution in [1.29, 1.82) is 0 Å². The van der Waals surface area contributed by atoms with E-state index in [0.717, 1.165) is 36.6 Å². The summed E-state index contributed by atoms with van der Waals surface area (Å²) < 4.78 is 11.2. The lowest BCUT2D eigenvalue weighted by Gasteiger charge is -2.37. The van der Waals surface area contributed by atoms with E-state index in [9.17, 15) is 4.79 Å². The van der Waals surface area contributed by atoms with Crippen LogP contribution >= 0.6 is 11.6 Å². The van der Waals surface area contributed by atoms with Gasteiger partial charge in [-0.05, 0) is 49.2 Å². The van der Waals surface area contributed by atoms with Crippen LogP contribution in [0, 0.1) is 6.92 Å². The molecule has 0 saturated carbocycles. The van der Waals surface area contributed by atoms with Crippen LogP contribution in [0.5, 0.6) is 11.5 Å². The fourth-order valence-electron chi connectivity index (χ4n) is 3.50. The Morgan fingerprint density at radius 3 is 2.52 bits per heavy atom. The molecular weight excluding hydrogens is 388 g/mol. The molecule has 0 radical (unpaired) electrons. The van der Waals surface area contributed by atoms with E-state index in [1.54, 1.807) is 13.2 Å². The van der Waals surface area contributed by atoms with Gasteiger partial charge < -0.3 is 19.3 Å². The van der Waals surface area contributed by atoms with Crippen LogP contribution in [0.3, 0.4) is 0 Å². The first-order chi connectivity index (χ1) is 14.0. The first kappa shape index (κ1) is 21.3. The molecule has 3 rings (SSSR count). The molecule has 2 aromatic carbocycles. The minimum Gasteiger partial charge on any atom is -0.493 e. The first-order valence-corrected chi connectivity index (χ1v) is 10.5. The third kappa shape index (κ3) is 5.15. The first-order valence-electron chi connectivity index (χ1n) is 10.1. The van der Waals surface area contributed by atoms with Gasteiger partial charge in [-0.1, -0.05) is 31.0 Å². The standard InChI is InChI=1S/C23H29ClN2O3/c1-4-5-14-29-21-9-7-18(15-22(21)28-3)23(27)26-12-10-25(11-13-26)20-16-19(24)8-6-17(20)2/h6-9,15-16H,4-5,10-14H2,1-3H3. The summed E-state index contributed by atoms with van der Waals surface area (Å²) >= 11 is 6.16. The minimum atomic E-state index is 0.0193. The number of carbonyl (C=O) groups is 1. The zero-order chi connectivity index (χ0) is 20.8. The number of amides is 1. The molecule has 0 N–H and O–H groups in total. The van der Waals surface area contributed by atoms with E-state index >= 15 is 0 Å². The molecule has 1 saturated heterocycles. The molecule has 0 atom stereocenters. The summed E-state index contributed by atoms with van der Waals surface area (Å²) in [5.74, 6) is 1.30. The van der Waals surface area contributed by atoms with E-state index in [1.807, 2.05) is 35.2 Å². The number of halogens is 1. The third-order valence-corrected chi connectivity index (χ3v) is 5.48. The van der Waals surface area contributed by atoms with Gasteiger partial charge in [0, 0.05) is 42.5 Å². The van der Waals surface area contributed by atoms with Gasteiger partial charge >= 0.3 is 0 Å². The van der Waals surface area contributed by atoms with Gasteiger partial charge in [0.15, 0.2) is 11.5 Å². The zero-order valence-corrected chi connectivity index (χ0v) is 18.2. The van der Waals surface area contributed by atoms with Crippen molar-refractivity contribution in [1.82, 2.24) is 4.90 Å². The highest BCUT2D eigenvalue weighted by atomic mass is 35.5. The highest BCUT2D eigenvalue weighted by molar-refractivity contribution is 6.30. The highest BCUT2D eigenvalue weighted by Crippen LogP contribution is 2.29. The maximum Gasteiger partial charge on any atom is 0.254 e. The molecule has 1 aliphatic rings. The molecule has 2 aromatic rings. The van der Waals surface area contributed by atoms with E-state index in [1.165, 1.54) is 5.56 Å². The number of hydrogen-bond donors (Lipinski definition) is 0. The van der Waals surface area contributed by atoms with Crippen LogP contribution in [0.4, 0.5) is 5.69 Å². The molecule has 0 aliphatic carbocycles. The Labute approximate surface area is 178 Å². The fraction of sp³-hybridized carbons (Fsp3) is 0.435. The van der Waals surface area contributed by atoms with Crippen LogP contribution in [0.15, 0.2) is 36.4 Å². The van der Waals surface area contributed by atoms with Crippen LogP contribution < -0.4 is 14.4 Å². The number of methoxy groups -OCH3 is 1. The topological polar surface area (TPSA) is 42.0 Å². The summed E-state index contributed by atoms with van der Waals surface area (Å²) in [4.78, 5) is 17.2. The van der Waals surface area contributed by atoms with Crippen molar-refractivity contribution in [3.63, 3.8) is 0 Å². The Morgan fingerprint density at radius 2 is 1.83 bits per heavy atom. The van der Waals surface area contributed by atoms with Gasteiger partial charge in [0.25, 0.3) is 5.91 Å². The molecular formula is C23H29ClN2O3. The maximum absolute atomic E-state index is 13.0. The molecule has 5 nitrogen and oxygen atoms in total. The fourth-order valence-corrected chi connectivity index (χ4v) is 3.67. The van der Waals surface area contributed by atoms with Crippen molar-refractivity contribution in [2.75, 3.05) is 44.8 Å². The van der Waals surface area contributed by atoms with Crippen LogP contribution in [0.2, 0.25) is 5.02 Å². The Balaban J connectivity index is 1.65. The van der Waals surface area contributed by atoms with Crippen molar-refractivity contribution in [2.24, 2.45) is 0 Å². The van der Waals surface area contributed by atoms with Crippen molar-refractivity contribution >= 4 is 23.2 Å². The number of anilines is 1. The van der Waals surface area contributed by atoms with Crippen LogP contribution in [0.1, 0.15) is 35.7 Å². The lowest BCUT2D eigenvalue weighted by molar-refractivity contribution is 0.0746. The van der Waals surface area contributed by atoms with Gasteiger partial charge in [0.05, 0.1) is 13.7 Å². The number of unbranched alkanes of at least 4 members (excludes halogenated alkanes) is 1. The molecule has 29 heavy (non-hydrogen) atoms. The van der Waals surface area contributed by atoms with Crippen molar-refractivity contribution in [3.05, 3.63) is 52.5 Å². The molecule has 6 heteroatoms. The Hall–Kier alpha value is -2.40. The van der Waals surface area contributed by atoms with E-state index < -0.39 is 0 Å².